The van der Waals surface area contributed by atoms with E-state index < -0.39 is 17.8 Å². The van der Waals surface area contributed by atoms with Crippen molar-refractivity contribution in [2.24, 2.45) is 5.73 Å². The molecule has 4 nitrogen and oxygen atoms in total. The molecule has 0 radical (unpaired) electrons. The van der Waals surface area contributed by atoms with Crippen LogP contribution in [0.3, 0.4) is 0 Å². The van der Waals surface area contributed by atoms with Gasteiger partial charge >= 0.3 is 6.18 Å². The topological polar surface area (TPSA) is 68.0 Å². The summed E-state index contributed by atoms with van der Waals surface area (Å²) in [5.74, 6) is -1.02. The number of carbonyl (C=O) groups excluding carboxylic acids is 1. The van der Waals surface area contributed by atoms with E-state index in [-0.39, 0.29) is 17.9 Å². The number of anilines is 1. The molecule has 0 atom stereocenters. The highest BCUT2D eigenvalue weighted by Crippen LogP contribution is 2.30. The van der Waals surface area contributed by atoms with E-state index in [0.29, 0.717) is 0 Å². The molecule has 0 aliphatic rings. The van der Waals surface area contributed by atoms with Crippen molar-refractivity contribution < 1.29 is 18.0 Å². The first-order valence-electron chi connectivity index (χ1n) is 5.63. The van der Waals surface area contributed by atoms with Gasteiger partial charge in [0, 0.05) is 4.88 Å². The van der Waals surface area contributed by atoms with Crippen molar-refractivity contribution in [2.45, 2.75) is 12.7 Å². The molecule has 21 heavy (non-hydrogen) atoms. The van der Waals surface area contributed by atoms with E-state index in [9.17, 15) is 18.0 Å². The number of primary amides is 1. The first-order chi connectivity index (χ1) is 9.77. The zero-order valence-corrected chi connectivity index (χ0v) is 12.8. The van der Waals surface area contributed by atoms with Crippen LogP contribution in [-0.4, -0.2) is 10.9 Å². The summed E-state index contributed by atoms with van der Waals surface area (Å²) in [6.45, 7) is 0.241. The zero-order valence-electron chi connectivity index (χ0n) is 10.4. The number of amides is 1. The third kappa shape index (κ3) is 3.94. The summed E-state index contributed by atoms with van der Waals surface area (Å²) in [7, 11) is 0. The number of nitrogens with zero attached hydrogens (tertiary/aromatic N) is 1. The van der Waals surface area contributed by atoms with E-state index in [0.717, 1.165) is 20.8 Å². The van der Waals surface area contributed by atoms with Gasteiger partial charge in [-0.05, 0) is 40.2 Å². The molecule has 0 aromatic carbocycles. The van der Waals surface area contributed by atoms with Crippen LogP contribution < -0.4 is 11.1 Å². The number of hydrogen-bond acceptors (Lipinski definition) is 4. The van der Waals surface area contributed by atoms with E-state index >= 15 is 0 Å². The van der Waals surface area contributed by atoms with Gasteiger partial charge in [0.15, 0.2) is 0 Å². The minimum absolute atomic E-state index is 0.0846. The Bertz CT molecular complexity index is 672. The molecular formula is C12H9BrF3N3OS. The van der Waals surface area contributed by atoms with Gasteiger partial charge < -0.3 is 11.1 Å². The second-order valence-electron chi connectivity index (χ2n) is 4.01. The molecule has 2 heterocycles. The molecule has 2 rings (SSSR count). The highest BCUT2D eigenvalue weighted by Gasteiger charge is 2.33. The van der Waals surface area contributed by atoms with Gasteiger partial charge in [0.25, 0.3) is 5.91 Å². The average molecular weight is 380 g/mol. The van der Waals surface area contributed by atoms with Crippen molar-refractivity contribution >= 4 is 39.0 Å². The number of pyridine rings is 1. The minimum Gasteiger partial charge on any atom is -0.365 e. The van der Waals surface area contributed by atoms with Crippen molar-refractivity contribution in [1.82, 2.24) is 4.98 Å². The quantitative estimate of drug-likeness (QED) is 0.851. The smallest absolute Gasteiger partial charge is 0.365 e. The van der Waals surface area contributed by atoms with Crippen LogP contribution in [0.2, 0.25) is 0 Å². The molecule has 0 saturated carbocycles. The first-order valence-corrected chi connectivity index (χ1v) is 7.24. The Labute approximate surface area is 130 Å². The molecule has 9 heteroatoms. The fraction of sp³-hybridized carbons (Fsp3) is 0.167. The Morgan fingerprint density at radius 1 is 1.33 bits per heavy atom. The number of hydrogen-bond donors (Lipinski definition) is 2. The van der Waals surface area contributed by atoms with Crippen LogP contribution in [0.4, 0.5) is 19.0 Å². The number of nitrogens with two attached hydrogens (primary N) is 1. The lowest BCUT2D eigenvalue weighted by Gasteiger charge is -2.12. The molecule has 0 spiro atoms. The number of nitrogens with one attached hydrogen (secondary N) is 1. The van der Waals surface area contributed by atoms with Crippen molar-refractivity contribution in [3.8, 4) is 0 Å². The molecule has 0 aliphatic carbocycles. The lowest BCUT2D eigenvalue weighted by Crippen LogP contribution is -2.18. The van der Waals surface area contributed by atoms with E-state index in [1.54, 1.807) is 6.07 Å². The monoisotopic (exact) mass is 379 g/mol. The maximum Gasteiger partial charge on any atom is 0.433 e. The normalized spacial score (nSPS) is 11.4. The summed E-state index contributed by atoms with van der Waals surface area (Å²) in [5.41, 5.74) is 3.98. The summed E-state index contributed by atoms with van der Waals surface area (Å²) >= 11 is 4.70. The summed E-state index contributed by atoms with van der Waals surface area (Å²) in [6, 6.07) is 5.37. The van der Waals surface area contributed by atoms with E-state index in [2.05, 4.69) is 26.2 Å². The van der Waals surface area contributed by atoms with E-state index in [1.165, 1.54) is 11.3 Å². The second kappa shape index (κ2) is 6.02. The number of halogens is 4. The highest BCUT2D eigenvalue weighted by molar-refractivity contribution is 9.11. The van der Waals surface area contributed by atoms with Crippen LogP contribution in [0.5, 0.6) is 0 Å². The van der Waals surface area contributed by atoms with Crippen molar-refractivity contribution in [2.75, 3.05) is 5.32 Å². The van der Waals surface area contributed by atoms with Crippen LogP contribution in [-0.2, 0) is 12.7 Å². The molecule has 3 N–H and O–H groups in total. The predicted octanol–water partition coefficient (Wildman–Crippen LogP) is 3.64. The van der Waals surface area contributed by atoms with Gasteiger partial charge in [0.2, 0.25) is 0 Å². The highest BCUT2D eigenvalue weighted by atomic mass is 79.9. The van der Waals surface area contributed by atoms with Gasteiger partial charge in [-0.3, -0.25) is 4.79 Å². The van der Waals surface area contributed by atoms with Crippen LogP contribution in [0.25, 0.3) is 0 Å². The van der Waals surface area contributed by atoms with Gasteiger partial charge in [-0.15, -0.1) is 11.3 Å². The first kappa shape index (κ1) is 15.8. The largest absolute Gasteiger partial charge is 0.433 e. The van der Waals surface area contributed by atoms with Gasteiger partial charge in [-0.25, -0.2) is 4.98 Å². The summed E-state index contributed by atoms with van der Waals surface area (Å²) < 4.78 is 38.9. The molecule has 0 bridgehead atoms. The predicted molar refractivity (Wildman–Crippen MR) is 77.1 cm³/mol. The van der Waals surface area contributed by atoms with Gasteiger partial charge in [-0.2, -0.15) is 13.2 Å². The third-order valence-corrected chi connectivity index (χ3v) is 4.13. The molecule has 2 aromatic heterocycles. The molecule has 112 valence electrons. The summed E-state index contributed by atoms with van der Waals surface area (Å²) in [5, 5.41) is 2.71. The molecule has 2 aromatic rings. The molecule has 1 amide bonds. The number of rotatable bonds is 4. The van der Waals surface area contributed by atoms with Crippen LogP contribution in [0, 0.1) is 0 Å². The van der Waals surface area contributed by atoms with Crippen molar-refractivity contribution in [3.63, 3.8) is 0 Å². The number of alkyl halides is 3. The Hall–Kier alpha value is -1.61. The van der Waals surface area contributed by atoms with Crippen LogP contribution >= 0.6 is 27.3 Å². The third-order valence-electron chi connectivity index (χ3n) is 2.51. The lowest BCUT2D eigenvalue weighted by atomic mass is 10.2. The summed E-state index contributed by atoms with van der Waals surface area (Å²) in [6.07, 6.45) is -4.58. The minimum atomic E-state index is -4.58. The number of carbonyl (C=O) groups is 1. The summed E-state index contributed by atoms with van der Waals surface area (Å²) in [4.78, 5) is 15.6. The maximum atomic E-state index is 12.7. The van der Waals surface area contributed by atoms with E-state index in [4.69, 9.17) is 5.73 Å². The van der Waals surface area contributed by atoms with Crippen molar-refractivity contribution in [1.29, 1.82) is 0 Å². The fourth-order valence-corrected chi connectivity index (χ4v) is 2.99. The Morgan fingerprint density at radius 3 is 2.57 bits per heavy atom. The molecule has 0 saturated heterocycles. The maximum absolute atomic E-state index is 12.7. The van der Waals surface area contributed by atoms with Gasteiger partial charge in [0.05, 0.1) is 15.9 Å². The van der Waals surface area contributed by atoms with Gasteiger partial charge in [0.1, 0.15) is 11.5 Å². The number of aromatic nitrogens is 1. The molecule has 0 aliphatic heterocycles. The average Bonchev–Trinajstić information content (AvgIpc) is 2.80. The fourth-order valence-electron chi connectivity index (χ4n) is 1.57. The number of thiophene rings is 1. The Kier molecular flexibility index (Phi) is 4.52. The molecule has 0 unspecified atom stereocenters. The second-order valence-corrected chi connectivity index (χ2v) is 6.56. The van der Waals surface area contributed by atoms with Crippen LogP contribution in [0.1, 0.15) is 20.9 Å². The molecule has 0 fully saturated rings. The lowest BCUT2D eigenvalue weighted by molar-refractivity contribution is -0.141. The van der Waals surface area contributed by atoms with Crippen molar-refractivity contribution in [3.05, 3.63) is 44.2 Å². The SMILES string of the molecule is NC(=O)c1ccc(C(F)(F)F)nc1NCc1ccc(Br)s1. The zero-order chi connectivity index (χ0) is 15.6. The van der Waals surface area contributed by atoms with Crippen LogP contribution in [0.15, 0.2) is 28.1 Å². The Morgan fingerprint density at radius 2 is 2.05 bits per heavy atom. The molecular weight excluding hydrogens is 371 g/mol. The van der Waals surface area contributed by atoms with E-state index in [1.807, 2.05) is 6.07 Å². The van der Waals surface area contributed by atoms with Gasteiger partial charge in [-0.1, -0.05) is 0 Å². The standard InChI is InChI=1S/C12H9BrF3N3OS/c13-9-4-1-6(21-9)5-18-11-7(10(17)20)2-3-8(19-11)12(14,15)16/h1-4H,5H2,(H2,17,20)(H,18,19). The Balaban J connectivity index is 2.28.